The maximum Gasteiger partial charge on any atom is 0.226 e. The van der Waals surface area contributed by atoms with E-state index in [9.17, 15) is 9.90 Å². The Kier molecular flexibility index (Phi) is 12.4. The Morgan fingerprint density at radius 2 is 1.90 bits per heavy atom. The Balaban J connectivity index is 0.00000450. The first-order valence-corrected chi connectivity index (χ1v) is 10.1. The number of nitrogens with one attached hydrogen (secondary N) is 3. The Hall–Kier alpha value is -1.84. The van der Waals surface area contributed by atoms with Crippen molar-refractivity contribution in [3.63, 3.8) is 0 Å². The van der Waals surface area contributed by atoms with Gasteiger partial charge in [0.25, 0.3) is 0 Å². The molecule has 164 valence electrons. The highest BCUT2D eigenvalue weighted by molar-refractivity contribution is 14.0. The number of halogens is 2. The fraction of sp³-hybridized carbons (Fsp3) is 0.364. The van der Waals surface area contributed by atoms with Crippen LogP contribution in [0.5, 0.6) is 0 Å². The number of rotatable bonds is 9. The minimum absolute atomic E-state index is 0. The summed E-state index contributed by atoms with van der Waals surface area (Å²) in [5.74, 6) is 0.415. The zero-order valence-electron chi connectivity index (χ0n) is 17.3. The van der Waals surface area contributed by atoms with Crippen molar-refractivity contribution >= 4 is 53.1 Å². The summed E-state index contributed by atoms with van der Waals surface area (Å²) in [6, 6.07) is 15.3. The third kappa shape index (κ3) is 8.89. The number of aliphatic hydroxyl groups is 1. The standard InChI is InChI=1S/C22H29ClN4O2.HI/c1-3-24-22(26-14-18(15-28)17-7-5-4-6-8-17)25-12-11-21(29)27-20-10-9-16(2)13-19(20)23;/h4-10,13,18,28H,3,11-12,14-15H2,1-2H3,(H,27,29)(H2,24,25,26);1H. The summed E-state index contributed by atoms with van der Waals surface area (Å²) in [7, 11) is 0. The lowest BCUT2D eigenvalue weighted by Gasteiger charge is -2.15. The van der Waals surface area contributed by atoms with Crippen LogP contribution in [0.1, 0.15) is 30.4 Å². The maximum atomic E-state index is 12.2. The van der Waals surface area contributed by atoms with Crippen LogP contribution in [-0.2, 0) is 4.79 Å². The summed E-state index contributed by atoms with van der Waals surface area (Å²) < 4.78 is 0. The highest BCUT2D eigenvalue weighted by Gasteiger charge is 2.10. The van der Waals surface area contributed by atoms with E-state index in [-0.39, 0.29) is 48.8 Å². The van der Waals surface area contributed by atoms with Crippen molar-refractivity contribution < 1.29 is 9.90 Å². The molecule has 0 aliphatic rings. The molecule has 0 spiro atoms. The number of hydrogen-bond acceptors (Lipinski definition) is 3. The molecule has 0 saturated carbocycles. The normalized spacial score (nSPS) is 11.9. The predicted octanol–water partition coefficient (Wildman–Crippen LogP) is 3.93. The van der Waals surface area contributed by atoms with Gasteiger partial charge in [-0.05, 0) is 37.1 Å². The number of nitrogens with zero attached hydrogens (tertiary/aromatic N) is 1. The van der Waals surface area contributed by atoms with Gasteiger partial charge in [-0.25, -0.2) is 0 Å². The summed E-state index contributed by atoms with van der Waals surface area (Å²) in [6.45, 7) is 5.52. The summed E-state index contributed by atoms with van der Waals surface area (Å²) in [6.07, 6.45) is 0.275. The first kappa shape index (κ1) is 26.2. The van der Waals surface area contributed by atoms with Crippen molar-refractivity contribution in [3.05, 3.63) is 64.7 Å². The molecule has 0 radical (unpaired) electrons. The van der Waals surface area contributed by atoms with Crippen LogP contribution in [-0.4, -0.2) is 43.2 Å². The number of aliphatic hydroxyl groups excluding tert-OH is 1. The molecule has 6 nitrogen and oxygen atoms in total. The van der Waals surface area contributed by atoms with E-state index in [0.29, 0.717) is 36.3 Å². The van der Waals surface area contributed by atoms with E-state index in [1.165, 1.54) is 0 Å². The van der Waals surface area contributed by atoms with E-state index in [2.05, 4.69) is 20.9 Å². The molecule has 1 amide bonds. The zero-order valence-corrected chi connectivity index (χ0v) is 20.4. The molecule has 2 rings (SSSR count). The molecule has 0 aliphatic carbocycles. The van der Waals surface area contributed by atoms with Gasteiger partial charge in [0, 0.05) is 25.4 Å². The van der Waals surface area contributed by atoms with Gasteiger partial charge in [-0.2, -0.15) is 0 Å². The SMILES string of the molecule is CCNC(=NCC(CO)c1ccccc1)NCCC(=O)Nc1ccc(C)cc1Cl.I. The summed E-state index contributed by atoms with van der Waals surface area (Å²) in [5.41, 5.74) is 2.69. The zero-order chi connectivity index (χ0) is 21.1. The van der Waals surface area contributed by atoms with Crippen LogP contribution in [0.3, 0.4) is 0 Å². The molecule has 8 heteroatoms. The van der Waals surface area contributed by atoms with E-state index in [0.717, 1.165) is 11.1 Å². The van der Waals surface area contributed by atoms with Crippen molar-refractivity contribution in [1.29, 1.82) is 0 Å². The minimum Gasteiger partial charge on any atom is -0.396 e. The molecule has 2 aromatic carbocycles. The second kappa shape index (κ2) is 14.2. The molecule has 30 heavy (non-hydrogen) atoms. The summed E-state index contributed by atoms with van der Waals surface area (Å²) in [4.78, 5) is 16.7. The lowest BCUT2D eigenvalue weighted by atomic mass is 10.0. The Morgan fingerprint density at radius 3 is 2.53 bits per heavy atom. The number of hydrogen-bond donors (Lipinski definition) is 4. The van der Waals surface area contributed by atoms with Gasteiger partial charge in [0.05, 0.1) is 23.9 Å². The van der Waals surface area contributed by atoms with Crippen molar-refractivity contribution in [3.8, 4) is 0 Å². The van der Waals surface area contributed by atoms with Gasteiger partial charge in [-0.3, -0.25) is 9.79 Å². The maximum absolute atomic E-state index is 12.2. The Bertz CT molecular complexity index is 818. The number of aliphatic imine (C=N–C) groups is 1. The monoisotopic (exact) mass is 544 g/mol. The van der Waals surface area contributed by atoms with Gasteiger partial charge in [-0.1, -0.05) is 48.0 Å². The van der Waals surface area contributed by atoms with Gasteiger partial charge in [0.1, 0.15) is 0 Å². The van der Waals surface area contributed by atoms with Crippen molar-refractivity contribution in [2.45, 2.75) is 26.2 Å². The van der Waals surface area contributed by atoms with Crippen molar-refractivity contribution in [1.82, 2.24) is 10.6 Å². The Labute approximate surface area is 200 Å². The fourth-order valence-electron chi connectivity index (χ4n) is 2.77. The molecule has 0 bridgehead atoms. The van der Waals surface area contributed by atoms with Crippen LogP contribution < -0.4 is 16.0 Å². The average Bonchev–Trinajstić information content (AvgIpc) is 2.71. The average molecular weight is 545 g/mol. The summed E-state index contributed by atoms with van der Waals surface area (Å²) in [5, 5.41) is 19.3. The molecule has 1 unspecified atom stereocenters. The second-order valence-corrected chi connectivity index (χ2v) is 7.13. The molecule has 0 aliphatic heterocycles. The largest absolute Gasteiger partial charge is 0.396 e. The van der Waals surface area contributed by atoms with Gasteiger partial charge < -0.3 is 21.1 Å². The van der Waals surface area contributed by atoms with Crippen LogP contribution in [0.4, 0.5) is 5.69 Å². The fourth-order valence-corrected chi connectivity index (χ4v) is 3.05. The quantitative estimate of drug-likeness (QED) is 0.219. The van der Waals surface area contributed by atoms with Crippen LogP contribution in [0, 0.1) is 6.92 Å². The second-order valence-electron chi connectivity index (χ2n) is 6.72. The van der Waals surface area contributed by atoms with E-state index in [1.807, 2.05) is 56.3 Å². The third-order valence-corrected chi connectivity index (χ3v) is 4.66. The highest BCUT2D eigenvalue weighted by Crippen LogP contribution is 2.22. The third-order valence-electron chi connectivity index (χ3n) is 4.35. The smallest absolute Gasteiger partial charge is 0.226 e. The number of carbonyl (C=O) groups is 1. The van der Waals surface area contributed by atoms with Crippen LogP contribution >= 0.6 is 35.6 Å². The minimum atomic E-state index is -0.128. The predicted molar refractivity (Wildman–Crippen MR) is 135 cm³/mol. The van der Waals surface area contributed by atoms with Crippen molar-refractivity contribution in [2.75, 3.05) is 31.6 Å². The summed E-state index contributed by atoms with van der Waals surface area (Å²) >= 11 is 6.15. The first-order valence-electron chi connectivity index (χ1n) is 9.77. The van der Waals surface area contributed by atoms with Gasteiger partial charge in [-0.15, -0.1) is 24.0 Å². The number of aryl methyl sites for hydroxylation is 1. The molecule has 0 heterocycles. The number of amides is 1. The van der Waals surface area contributed by atoms with Crippen LogP contribution in [0.15, 0.2) is 53.5 Å². The number of guanidine groups is 1. The van der Waals surface area contributed by atoms with E-state index < -0.39 is 0 Å². The molecule has 0 fully saturated rings. The molecule has 0 saturated heterocycles. The number of anilines is 1. The molecule has 2 aromatic rings. The van der Waals surface area contributed by atoms with Crippen LogP contribution in [0.2, 0.25) is 5.02 Å². The highest BCUT2D eigenvalue weighted by atomic mass is 127. The molecule has 4 N–H and O–H groups in total. The molecule has 1 atom stereocenters. The van der Waals surface area contributed by atoms with E-state index >= 15 is 0 Å². The van der Waals surface area contributed by atoms with Gasteiger partial charge >= 0.3 is 0 Å². The first-order chi connectivity index (χ1) is 14.0. The molecule has 0 aromatic heterocycles. The topological polar surface area (TPSA) is 85.8 Å². The molecular formula is C22H30ClIN4O2. The lowest BCUT2D eigenvalue weighted by molar-refractivity contribution is -0.116. The van der Waals surface area contributed by atoms with Gasteiger partial charge in [0.15, 0.2) is 5.96 Å². The van der Waals surface area contributed by atoms with Crippen LogP contribution in [0.25, 0.3) is 0 Å². The number of carbonyl (C=O) groups excluding carboxylic acids is 1. The Morgan fingerprint density at radius 1 is 1.17 bits per heavy atom. The van der Waals surface area contributed by atoms with E-state index in [1.54, 1.807) is 6.07 Å². The van der Waals surface area contributed by atoms with Gasteiger partial charge in [0.2, 0.25) is 5.91 Å². The van der Waals surface area contributed by atoms with Crippen molar-refractivity contribution in [2.24, 2.45) is 4.99 Å². The van der Waals surface area contributed by atoms with E-state index in [4.69, 9.17) is 11.6 Å². The molecular weight excluding hydrogens is 515 g/mol. The lowest BCUT2D eigenvalue weighted by Crippen LogP contribution is -2.39. The number of benzene rings is 2.